The predicted octanol–water partition coefficient (Wildman–Crippen LogP) is 2.24. The molecule has 0 saturated carbocycles. The Bertz CT molecular complexity index is 626. The van der Waals surface area contributed by atoms with Gasteiger partial charge in [0, 0.05) is 49.1 Å². The third-order valence-corrected chi connectivity index (χ3v) is 4.92. The number of aryl methyl sites for hydroxylation is 1. The summed E-state index contributed by atoms with van der Waals surface area (Å²) in [5, 5.41) is 0. The van der Waals surface area contributed by atoms with Crippen molar-refractivity contribution in [2.45, 2.75) is 19.6 Å². The summed E-state index contributed by atoms with van der Waals surface area (Å²) >= 11 is 0. The molecule has 0 radical (unpaired) electrons. The Morgan fingerprint density at radius 1 is 1.35 bits per heavy atom. The number of hydrogen-bond donors (Lipinski definition) is 1. The molecule has 0 unspecified atom stereocenters. The molecule has 0 amide bonds. The SMILES string of the molecule is Cc1ccc(OC[C@@H]2CO[C@@H]3CN(Cc4ccc[nH]4)C[C@H]23)cn1. The van der Waals surface area contributed by atoms with E-state index < -0.39 is 0 Å². The quantitative estimate of drug-likeness (QED) is 0.920. The van der Waals surface area contributed by atoms with Crippen molar-refractivity contribution in [3.8, 4) is 5.75 Å². The average molecular weight is 313 g/mol. The van der Waals surface area contributed by atoms with Crippen molar-refractivity contribution >= 4 is 0 Å². The molecular formula is C18H23N3O2. The third kappa shape index (κ3) is 3.26. The second-order valence-electron chi connectivity index (χ2n) is 6.63. The van der Waals surface area contributed by atoms with Crippen molar-refractivity contribution in [3.05, 3.63) is 48.0 Å². The van der Waals surface area contributed by atoms with Crippen LogP contribution >= 0.6 is 0 Å². The molecule has 0 spiro atoms. The summed E-state index contributed by atoms with van der Waals surface area (Å²) in [6, 6.07) is 8.16. The van der Waals surface area contributed by atoms with Crippen LogP contribution in [0.5, 0.6) is 5.75 Å². The number of pyridine rings is 1. The molecule has 23 heavy (non-hydrogen) atoms. The van der Waals surface area contributed by atoms with Crippen LogP contribution in [0.3, 0.4) is 0 Å². The highest BCUT2D eigenvalue weighted by Gasteiger charge is 2.43. The lowest BCUT2D eigenvalue weighted by atomic mass is 9.94. The maximum atomic E-state index is 6.00. The molecule has 3 atom stereocenters. The predicted molar refractivity (Wildman–Crippen MR) is 87.3 cm³/mol. The van der Waals surface area contributed by atoms with Crippen molar-refractivity contribution in [3.63, 3.8) is 0 Å². The van der Waals surface area contributed by atoms with E-state index in [2.05, 4.69) is 27.0 Å². The Morgan fingerprint density at radius 3 is 3.09 bits per heavy atom. The molecule has 0 bridgehead atoms. The topological polar surface area (TPSA) is 50.4 Å². The number of ether oxygens (including phenoxy) is 2. The second kappa shape index (κ2) is 6.34. The normalized spacial score (nSPS) is 27.3. The van der Waals surface area contributed by atoms with Gasteiger partial charge in [0.15, 0.2) is 0 Å². The number of nitrogens with zero attached hydrogens (tertiary/aromatic N) is 2. The Balaban J connectivity index is 1.32. The molecule has 1 N–H and O–H groups in total. The van der Waals surface area contributed by atoms with E-state index in [1.165, 1.54) is 5.69 Å². The Labute approximate surface area is 136 Å². The summed E-state index contributed by atoms with van der Waals surface area (Å²) in [6.07, 6.45) is 4.14. The summed E-state index contributed by atoms with van der Waals surface area (Å²) in [7, 11) is 0. The summed E-state index contributed by atoms with van der Waals surface area (Å²) in [5.41, 5.74) is 2.28. The smallest absolute Gasteiger partial charge is 0.137 e. The fourth-order valence-electron chi connectivity index (χ4n) is 3.63. The third-order valence-electron chi connectivity index (χ3n) is 4.92. The zero-order valence-corrected chi connectivity index (χ0v) is 13.4. The molecule has 0 aliphatic carbocycles. The van der Waals surface area contributed by atoms with Crippen LogP contribution in [0.25, 0.3) is 0 Å². The Kier molecular flexibility index (Phi) is 4.06. The fraction of sp³-hybridized carbons (Fsp3) is 0.500. The Morgan fingerprint density at radius 2 is 2.30 bits per heavy atom. The van der Waals surface area contributed by atoms with Crippen LogP contribution in [-0.2, 0) is 11.3 Å². The number of aromatic nitrogens is 2. The van der Waals surface area contributed by atoms with Gasteiger partial charge in [-0.1, -0.05) is 0 Å². The molecule has 2 fully saturated rings. The van der Waals surface area contributed by atoms with Crippen molar-refractivity contribution in [1.29, 1.82) is 0 Å². The minimum Gasteiger partial charge on any atom is -0.492 e. The lowest BCUT2D eigenvalue weighted by Gasteiger charge is -2.19. The Hall–Kier alpha value is -1.85. The van der Waals surface area contributed by atoms with Gasteiger partial charge in [0.25, 0.3) is 0 Å². The number of hydrogen-bond acceptors (Lipinski definition) is 4. The number of rotatable bonds is 5. The molecule has 2 saturated heterocycles. The number of fused-ring (bicyclic) bond motifs is 1. The van der Waals surface area contributed by atoms with E-state index in [0.29, 0.717) is 24.5 Å². The summed E-state index contributed by atoms with van der Waals surface area (Å²) in [6.45, 7) is 6.58. The zero-order chi connectivity index (χ0) is 15.6. The van der Waals surface area contributed by atoms with Crippen molar-refractivity contribution in [2.24, 2.45) is 11.8 Å². The van der Waals surface area contributed by atoms with Crippen LogP contribution in [0.4, 0.5) is 0 Å². The largest absolute Gasteiger partial charge is 0.492 e. The van der Waals surface area contributed by atoms with Crippen LogP contribution in [0.2, 0.25) is 0 Å². The molecule has 4 heterocycles. The van der Waals surface area contributed by atoms with Gasteiger partial charge in [0.1, 0.15) is 5.75 Å². The summed E-state index contributed by atoms with van der Waals surface area (Å²) in [5.74, 6) is 1.89. The van der Waals surface area contributed by atoms with E-state index in [9.17, 15) is 0 Å². The number of nitrogens with one attached hydrogen (secondary N) is 1. The van der Waals surface area contributed by atoms with E-state index in [1.54, 1.807) is 6.20 Å². The van der Waals surface area contributed by atoms with E-state index in [0.717, 1.165) is 37.7 Å². The average Bonchev–Trinajstić information content (AvgIpc) is 3.25. The molecule has 2 aliphatic heterocycles. The number of H-pyrrole nitrogens is 1. The maximum Gasteiger partial charge on any atom is 0.137 e. The van der Waals surface area contributed by atoms with Gasteiger partial charge >= 0.3 is 0 Å². The number of aromatic amines is 1. The lowest BCUT2D eigenvalue weighted by Crippen LogP contribution is -2.26. The first-order valence-electron chi connectivity index (χ1n) is 8.29. The highest BCUT2D eigenvalue weighted by atomic mass is 16.5. The van der Waals surface area contributed by atoms with Gasteiger partial charge in [0.05, 0.1) is 25.5 Å². The minimum absolute atomic E-state index is 0.356. The first-order valence-corrected chi connectivity index (χ1v) is 8.29. The van der Waals surface area contributed by atoms with Crippen LogP contribution < -0.4 is 4.74 Å². The van der Waals surface area contributed by atoms with Crippen molar-refractivity contribution in [1.82, 2.24) is 14.9 Å². The molecule has 2 aromatic rings. The van der Waals surface area contributed by atoms with E-state index in [-0.39, 0.29) is 0 Å². The summed E-state index contributed by atoms with van der Waals surface area (Å²) in [4.78, 5) is 10.0. The van der Waals surface area contributed by atoms with E-state index >= 15 is 0 Å². The van der Waals surface area contributed by atoms with Crippen LogP contribution in [0.15, 0.2) is 36.7 Å². The maximum absolute atomic E-state index is 6.00. The van der Waals surface area contributed by atoms with Gasteiger partial charge in [-0.05, 0) is 31.2 Å². The standard InChI is InChI=1S/C18H23N3O2/c1-13-4-5-16(7-20-13)22-11-14-12-23-18-10-21(9-17(14)18)8-15-3-2-6-19-15/h2-7,14,17-19H,8-12H2,1H3/t14-,17-,18-/m1/s1. The highest BCUT2D eigenvalue weighted by Crippen LogP contribution is 2.34. The molecule has 122 valence electrons. The van der Waals surface area contributed by atoms with Crippen molar-refractivity contribution < 1.29 is 9.47 Å². The van der Waals surface area contributed by atoms with Gasteiger partial charge < -0.3 is 14.5 Å². The van der Waals surface area contributed by atoms with Crippen molar-refractivity contribution in [2.75, 3.05) is 26.3 Å². The molecular weight excluding hydrogens is 290 g/mol. The van der Waals surface area contributed by atoms with Gasteiger partial charge in [-0.3, -0.25) is 9.88 Å². The first-order chi connectivity index (χ1) is 11.3. The lowest BCUT2D eigenvalue weighted by molar-refractivity contribution is 0.0895. The minimum atomic E-state index is 0.356. The van der Waals surface area contributed by atoms with Crippen LogP contribution in [-0.4, -0.2) is 47.3 Å². The van der Waals surface area contributed by atoms with E-state index in [4.69, 9.17) is 9.47 Å². The van der Waals surface area contributed by atoms with Gasteiger partial charge in [-0.25, -0.2) is 0 Å². The molecule has 2 aliphatic rings. The van der Waals surface area contributed by atoms with Crippen LogP contribution in [0.1, 0.15) is 11.4 Å². The van der Waals surface area contributed by atoms with Gasteiger partial charge in [-0.15, -0.1) is 0 Å². The van der Waals surface area contributed by atoms with Gasteiger partial charge in [0.2, 0.25) is 0 Å². The first kappa shape index (κ1) is 14.7. The molecule has 0 aromatic carbocycles. The molecule has 5 nitrogen and oxygen atoms in total. The van der Waals surface area contributed by atoms with Gasteiger partial charge in [-0.2, -0.15) is 0 Å². The molecule has 5 heteroatoms. The summed E-state index contributed by atoms with van der Waals surface area (Å²) < 4.78 is 11.9. The highest BCUT2D eigenvalue weighted by molar-refractivity contribution is 5.19. The monoisotopic (exact) mass is 313 g/mol. The second-order valence-corrected chi connectivity index (χ2v) is 6.63. The molecule has 4 rings (SSSR count). The zero-order valence-electron chi connectivity index (χ0n) is 13.4. The van der Waals surface area contributed by atoms with E-state index in [1.807, 2.05) is 25.3 Å². The molecule has 2 aromatic heterocycles. The van der Waals surface area contributed by atoms with Crippen LogP contribution in [0, 0.1) is 18.8 Å². The fourth-order valence-corrected chi connectivity index (χ4v) is 3.63. The number of likely N-dealkylation sites (tertiary alicyclic amines) is 1.